The Morgan fingerprint density at radius 3 is 1.83 bits per heavy atom. The molecule has 0 aromatic heterocycles. The number of carboxylic acid groups (broad SMARTS) is 2. The van der Waals surface area contributed by atoms with Gasteiger partial charge in [-0.3, -0.25) is 9.59 Å². The van der Waals surface area contributed by atoms with E-state index in [0.717, 1.165) is 38.5 Å². The largest absolute Gasteiger partial charge is 0.481 e. The molecule has 0 aliphatic rings. The average Bonchev–Trinajstić information content (AvgIpc) is 2.69. The van der Waals surface area contributed by atoms with Gasteiger partial charge in [-0.2, -0.15) is 0 Å². The second-order valence-corrected chi connectivity index (χ2v) is 7.39. The second kappa shape index (κ2) is 19.9. The molecule has 0 fully saturated rings. The highest BCUT2D eigenvalue weighted by atomic mass is 16.4. The first-order valence-electron chi connectivity index (χ1n) is 11.2. The summed E-state index contributed by atoms with van der Waals surface area (Å²) < 4.78 is 0. The first-order valence-corrected chi connectivity index (χ1v) is 11.2. The zero-order valence-corrected chi connectivity index (χ0v) is 18.4. The van der Waals surface area contributed by atoms with Gasteiger partial charge in [-0.1, -0.05) is 69.1 Å². The molecule has 0 bridgehead atoms. The van der Waals surface area contributed by atoms with Crippen LogP contribution in [0.25, 0.3) is 0 Å². The van der Waals surface area contributed by atoms with Crippen LogP contribution in [0.5, 0.6) is 0 Å². The summed E-state index contributed by atoms with van der Waals surface area (Å²) in [6, 6.07) is -1.36. The van der Waals surface area contributed by atoms with Crippen molar-refractivity contribution in [3.63, 3.8) is 0 Å². The van der Waals surface area contributed by atoms with Crippen LogP contribution in [0.15, 0.2) is 36.5 Å². The average molecular weight is 422 g/mol. The number of aliphatic carboxylic acids is 2. The minimum absolute atomic E-state index is 0.219. The van der Waals surface area contributed by atoms with Gasteiger partial charge in [0.05, 0.1) is 6.42 Å². The third-order valence-electron chi connectivity index (χ3n) is 4.56. The Balaban J connectivity index is 3.62. The predicted octanol–water partition coefficient (Wildman–Crippen LogP) is 5.40. The van der Waals surface area contributed by atoms with Crippen molar-refractivity contribution in [2.24, 2.45) is 0 Å². The van der Waals surface area contributed by atoms with Crippen molar-refractivity contribution < 1.29 is 24.6 Å². The molecule has 6 nitrogen and oxygen atoms in total. The van der Waals surface area contributed by atoms with Gasteiger partial charge in [0, 0.05) is 6.42 Å². The molecule has 0 rings (SSSR count). The number of rotatable bonds is 19. The smallest absolute Gasteiger partial charge is 0.326 e. The lowest BCUT2D eigenvalue weighted by molar-refractivity contribution is -0.147. The molecule has 30 heavy (non-hydrogen) atoms. The number of hydrogen-bond donors (Lipinski definition) is 3. The van der Waals surface area contributed by atoms with Gasteiger partial charge in [0.15, 0.2) is 0 Å². The normalized spacial score (nSPS) is 12.7. The molecule has 0 aliphatic heterocycles. The molecule has 0 unspecified atom stereocenters. The Kier molecular flexibility index (Phi) is 18.4. The predicted molar refractivity (Wildman–Crippen MR) is 120 cm³/mol. The van der Waals surface area contributed by atoms with E-state index in [1.165, 1.54) is 25.7 Å². The van der Waals surface area contributed by atoms with Crippen molar-refractivity contribution in [2.45, 2.75) is 96.4 Å². The van der Waals surface area contributed by atoms with Gasteiger partial charge >= 0.3 is 11.9 Å². The Morgan fingerprint density at radius 2 is 1.30 bits per heavy atom. The lowest BCUT2D eigenvalue weighted by Gasteiger charge is -2.12. The van der Waals surface area contributed by atoms with Crippen molar-refractivity contribution in [2.75, 3.05) is 0 Å². The molecule has 0 spiro atoms. The number of hydrogen-bond acceptors (Lipinski definition) is 3. The SMILES string of the molecule is CCCCC/C=C\C/C=C\C/C=C\CCCCCCC(=O)N[C@@H](CC(=O)O)C(=O)O. The Bertz CT molecular complexity index is 566. The lowest BCUT2D eigenvalue weighted by atomic mass is 10.1. The van der Waals surface area contributed by atoms with Crippen LogP contribution in [0, 0.1) is 0 Å². The highest BCUT2D eigenvalue weighted by molar-refractivity contribution is 5.86. The van der Waals surface area contributed by atoms with Crippen LogP contribution in [0.2, 0.25) is 0 Å². The first-order chi connectivity index (χ1) is 14.5. The molecule has 0 saturated heterocycles. The van der Waals surface area contributed by atoms with E-state index in [1.807, 2.05) is 0 Å². The minimum atomic E-state index is -1.36. The first kappa shape index (κ1) is 27.6. The van der Waals surface area contributed by atoms with Gasteiger partial charge in [0.1, 0.15) is 6.04 Å². The highest BCUT2D eigenvalue weighted by Crippen LogP contribution is 2.07. The van der Waals surface area contributed by atoms with Gasteiger partial charge in [-0.05, 0) is 44.9 Å². The number of amides is 1. The monoisotopic (exact) mass is 421 g/mol. The molecule has 0 radical (unpaired) electrons. The molecule has 0 heterocycles. The van der Waals surface area contributed by atoms with E-state index in [4.69, 9.17) is 10.2 Å². The van der Waals surface area contributed by atoms with Crippen LogP contribution in [0.3, 0.4) is 0 Å². The van der Waals surface area contributed by atoms with Crippen molar-refractivity contribution in [3.05, 3.63) is 36.5 Å². The van der Waals surface area contributed by atoms with Crippen molar-refractivity contribution >= 4 is 17.8 Å². The molecule has 0 saturated carbocycles. The maximum Gasteiger partial charge on any atom is 0.326 e. The van der Waals surface area contributed by atoms with Gasteiger partial charge in [-0.25, -0.2) is 4.79 Å². The van der Waals surface area contributed by atoms with Crippen molar-refractivity contribution in [1.29, 1.82) is 0 Å². The van der Waals surface area contributed by atoms with Crippen LogP contribution < -0.4 is 5.32 Å². The van der Waals surface area contributed by atoms with E-state index in [-0.39, 0.29) is 6.42 Å². The Morgan fingerprint density at radius 1 is 0.767 bits per heavy atom. The number of carbonyl (C=O) groups excluding carboxylic acids is 1. The minimum Gasteiger partial charge on any atom is -0.481 e. The number of carbonyl (C=O) groups is 3. The molecular weight excluding hydrogens is 382 g/mol. The van der Waals surface area contributed by atoms with Gasteiger partial charge in [-0.15, -0.1) is 0 Å². The Labute approximate surface area is 181 Å². The van der Waals surface area contributed by atoms with E-state index >= 15 is 0 Å². The fraction of sp³-hybridized carbons (Fsp3) is 0.625. The van der Waals surface area contributed by atoms with Gasteiger partial charge in [0.2, 0.25) is 5.91 Å². The third kappa shape index (κ3) is 19.0. The maximum absolute atomic E-state index is 11.7. The maximum atomic E-state index is 11.7. The number of allylic oxidation sites excluding steroid dienone is 6. The van der Waals surface area contributed by atoms with Crippen molar-refractivity contribution in [1.82, 2.24) is 5.32 Å². The molecule has 6 heteroatoms. The van der Waals surface area contributed by atoms with Crippen LogP contribution in [-0.4, -0.2) is 34.1 Å². The van der Waals surface area contributed by atoms with E-state index in [2.05, 4.69) is 48.7 Å². The molecule has 0 aromatic rings. The summed E-state index contributed by atoms with van der Waals surface area (Å²) in [5.74, 6) is -2.99. The van der Waals surface area contributed by atoms with E-state index in [9.17, 15) is 14.4 Å². The van der Waals surface area contributed by atoms with Crippen LogP contribution in [0.1, 0.15) is 90.4 Å². The standard InChI is InChI=1S/C24H39NO5/c1-2-3-4-5-6-7-8-9-10-11-12-13-14-15-16-17-18-19-22(26)25-21(24(29)30)20-23(27)28/h6-7,9-10,12-13,21H,2-5,8,11,14-20H2,1H3,(H,25,26)(H,27,28)(H,29,30)/b7-6-,10-9-,13-12-/t21-/m0/s1. The zero-order chi connectivity index (χ0) is 22.5. The molecule has 3 N–H and O–H groups in total. The van der Waals surface area contributed by atoms with Gasteiger partial charge < -0.3 is 15.5 Å². The molecular formula is C24H39NO5. The quantitative estimate of drug-likeness (QED) is 0.191. The number of carboxylic acids is 2. The fourth-order valence-corrected chi connectivity index (χ4v) is 2.83. The Hall–Kier alpha value is -2.37. The van der Waals surface area contributed by atoms with Crippen LogP contribution in [0.4, 0.5) is 0 Å². The highest BCUT2D eigenvalue weighted by Gasteiger charge is 2.22. The van der Waals surface area contributed by atoms with E-state index in [1.54, 1.807) is 0 Å². The van der Waals surface area contributed by atoms with Gasteiger partial charge in [0.25, 0.3) is 0 Å². The summed E-state index contributed by atoms with van der Waals surface area (Å²) in [6.07, 6.45) is 24.4. The van der Waals surface area contributed by atoms with Crippen LogP contribution in [-0.2, 0) is 14.4 Å². The summed E-state index contributed by atoms with van der Waals surface area (Å²) in [4.78, 5) is 33.2. The summed E-state index contributed by atoms with van der Waals surface area (Å²) in [5.41, 5.74) is 0. The lowest BCUT2D eigenvalue weighted by Crippen LogP contribution is -2.42. The fourth-order valence-electron chi connectivity index (χ4n) is 2.83. The molecule has 0 aromatic carbocycles. The number of unbranched alkanes of at least 4 members (excludes halogenated alkanes) is 7. The summed E-state index contributed by atoms with van der Waals surface area (Å²) in [5, 5.41) is 19.8. The molecule has 0 aliphatic carbocycles. The van der Waals surface area contributed by atoms with E-state index in [0.29, 0.717) is 6.42 Å². The molecule has 1 atom stereocenters. The molecule has 1 amide bonds. The second-order valence-electron chi connectivity index (χ2n) is 7.39. The topological polar surface area (TPSA) is 104 Å². The third-order valence-corrected chi connectivity index (χ3v) is 4.56. The number of nitrogens with one attached hydrogen (secondary N) is 1. The van der Waals surface area contributed by atoms with E-state index < -0.39 is 30.3 Å². The molecule has 170 valence electrons. The van der Waals surface area contributed by atoms with Crippen molar-refractivity contribution in [3.8, 4) is 0 Å². The summed E-state index contributed by atoms with van der Waals surface area (Å²) >= 11 is 0. The zero-order valence-electron chi connectivity index (χ0n) is 18.4. The summed E-state index contributed by atoms with van der Waals surface area (Å²) in [7, 11) is 0. The summed E-state index contributed by atoms with van der Waals surface area (Å²) in [6.45, 7) is 2.22. The van der Waals surface area contributed by atoms with Crippen LogP contribution >= 0.6 is 0 Å².